The maximum atomic E-state index is 13.6. The molecule has 0 spiro atoms. The molecule has 0 saturated carbocycles. The first-order valence-electron chi connectivity index (χ1n) is 6.51. The van der Waals surface area contributed by atoms with Crippen molar-refractivity contribution >= 4 is 34.8 Å². The Hall–Kier alpha value is -1.92. The minimum absolute atomic E-state index is 0.00659. The van der Waals surface area contributed by atoms with E-state index in [1.165, 1.54) is 12.1 Å². The number of aryl methyl sites for hydroxylation is 1. The van der Waals surface area contributed by atoms with Gasteiger partial charge < -0.3 is 10.6 Å². The third-order valence-electron chi connectivity index (χ3n) is 3.01. The van der Waals surface area contributed by atoms with Crippen LogP contribution in [0.4, 0.5) is 4.39 Å². The molecule has 0 radical (unpaired) electrons. The quantitative estimate of drug-likeness (QED) is 0.879. The molecular weight excluding hydrogens is 327 g/mol. The van der Waals surface area contributed by atoms with E-state index in [1.54, 1.807) is 11.3 Å². The molecule has 2 aromatic rings. The van der Waals surface area contributed by atoms with E-state index in [-0.39, 0.29) is 23.0 Å². The number of hydrogen-bond acceptors (Lipinski definition) is 3. The summed E-state index contributed by atoms with van der Waals surface area (Å²) in [7, 11) is 0. The van der Waals surface area contributed by atoms with Crippen molar-refractivity contribution in [3.05, 3.63) is 56.5 Å². The number of carbonyl (C=O) groups is 2. The largest absolute Gasteiger partial charge is 0.350 e. The number of nitrogens with one attached hydrogen (secondary N) is 2. The van der Waals surface area contributed by atoms with Crippen LogP contribution >= 0.6 is 22.9 Å². The number of carbonyl (C=O) groups excluding carboxylic acids is 2. The van der Waals surface area contributed by atoms with E-state index in [2.05, 4.69) is 10.6 Å². The lowest BCUT2D eigenvalue weighted by atomic mass is 10.2. The highest BCUT2D eigenvalue weighted by atomic mass is 35.5. The van der Waals surface area contributed by atoms with E-state index < -0.39 is 11.7 Å². The molecule has 0 fully saturated rings. The Morgan fingerprint density at radius 3 is 2.68 bits per heavy atom. The summed E-state index contributed by atoms with van der Waals surface area (Å²) >= 11 is 7.33. The molecule has 1 aromatic carbocycles. The fraction of sp³-hybridized carbons (Fsp3) is 0.200. The Labute approximate surface area is 136 Å². The summed E-state index contributed by atoms with van der Waals surface area (Å²) in [5.41, 5.74) is 0.846. The van der Waals surface area contributed by atoms with E-state index in [0.717, 1.165) is 16.5 Å². The SMILES string of the molecule is Cc1ccsc1CNC(=O)CNC(=O)c1c(F)cccc1Cl. The molecule has 0 saturated heterocycles. The van der Waals surface area contributed by atoms with Crippen molar-refractivity contribution < 1.29 is 14.0 Å². The summed E-state index contributed by atoms with van der Waals surface area (Å²) in [4.78, 5) is 24.6. The van der Waals surface area contributed by atoms with Gasteiger partial charge in [0.1, 0.15) is 5.82 Å². The van der Waals surface area contributed by atoms with E-state index in [4.69, 9.17) is 11.6 Å². The van der Waals surface area contributed by atoms with Gasteiger partial charge in [-0.05, 0) is 36.1 Å². The van der Waals surface area contributed by atoms with Gasteiger partial charge >= 0.3 is 0 Å². The predicted molar refractivity (Wildman–Crippen MR) is 84.6 cm³/mol. The Kier molecular flexibility index (Phi) is 5.51. The molecule has 0 atom stereocenters. The molecule has 0 bridgehead atoms. The average molecular weight is 341 g/mol. The van der Waals surface area contributed by atoms with Gasteiger partial charge in [0.05, 0.1) is 23.7 Å². The molecule has 2 N–H and O–H groups in total. The van der Waals surface area contributed by atoms with Crippen LogP contribution in [0.3, 0.4) is 0 Å². The Morgan fingerprint density at radius 2 is 2.05 bits per heavy atom. The number of amides is 2. The van der Waals surface area contributed by atoms with Gasteiger partial charge in [0.2, 0.25) is 5.91 Å². The molecule has 22 heavy (non-hydrogen) atoms. The summed E-state index contributed by atoms with van der Waals surface area (Å²) < 4.78 is 13.6. The monoisotopic (exact) mass is 340 g/mol. The molecule has 1 aromatic heterocycles. The average Bonchev–Trinajstić information content (AvgIpc) is 2.88. The van der Waals surface area contributed by atoms with Crippen LogP contribution in [0.1, 0.15) is 20.8 Å². The van der Waals surface area contributed by atoms with Crippen molar-refractivity contribution in [3.8, 4) is 0 Å². The van der Waals surface area contributed by atoms with Gasteiger partial charge in [-0.15, -0.1) is 11.3 Å². The van der Waals surface area contributed by atoms with Crippen molar-refractivity contribution in [1.29, 1.82) is 0 Å². The minimum Gasteiger partial charge on any atom is -0.350 e. The van der Waals surface area contributed by atoms with Crippen LogP contribution in [-0.2, 0) is 11.3 Å². The van der Waals surface area contributed by atoms with Crippen molar-refractivity contribution in [3.63, 3.8) is 0 Å². The van der Waals surface area contributed by atoms with E-state index in [0.29, 0.717) is 6.54 Å². The molecule has 2 amide bonds. The summed E-state index contributed by atoms with van der Waals surface area (Å²) in [5.74, 6) is -1.79. The van der Waals surface area contributed by atoms with E-state index in [9.17, 15) is 14.0 Å². The molecule has 0 aliphatic rings. The smallest absolute Gasteiger partial charge is 0.256 e. The molecule has 0 aliphatic heterocycles. The molecule has 1 heterocycles. The molecule has 0 unspecified atom stereocenters. The van der Waals surface area contributed by atoms with Gasteiger partial charge in [0, 0.05) is 4.88 Å². The van der Waals surface area contributed by atoms with Gasteiger partial charge in [-0.1, -0.05) is 17.7 Å². The number of hydrogen-bond donors (Lipinski definition) is 2. The zero-order valence-corrected chi connectivity index (χ0v) is 13.4. The van der Waals surface area contributed by atoms with Gasteiger partial charge in [-0.2, -0.15) is 0 Å². The highest BCUT2D eigenvalue weighted by Crippen LogP contribution is 2.18. The fourth-order valence-electron chi connectivity index (χ4n) is 1.79. The molecular formula is C15H14ClFN2O2S. The number of rotatable bonds is 5. The first-order chi connectivity index (χ1) is 10.5. The third kappa shape index (κ3) is 4.05. The Morgan fingerprint density at radius 1 is 1.27 bits per heavy atom. The van der Waals surface area contributed by atoms with Crippen molar-refractivity contribution in [1.82, 2.24) is 10.6 Å². The molecule has 116 valence electrons. The molecule has 2 rings (SSSR count). The molecule has 7 heteroatoms. The van der Waals surface area contributed by atoms with Crippen LogP contribution < -0.4 is 10.6 Å². The lowest BCUT2D eigenvalue weighted by molar-refractivity contribution is -0.120. The summed E-state index contributed by atoms with van der Waals surface area (Å²) in [6.07, 6.45) is 0. The van der Waals surface area contributed by atoms with Crippen molar-refractivity contribution in [2.24, 2.45) is 0 Å². The maximum absolute atomic E-state index is 13.6. The standard InChI is InChI=1S/C15H14ClFN2O2S/c1-9-5-6-22-12(9)7-18-13(20)8-19-15(21)14-10(16)3-2-4-11(14)17/h2-6H,7-8H2,1H3,(H,18,20)(H,19,21). The van der Waals surface area contributed by atoms with Gasteiger partial charge in [-0.25, -0.2) is 4.39 Å². The van der Waals surface area contributed by atoms with Gasteiger partial charge in [-0.3, -0.25) is 9.59 Å². The number of thiophene rings is 1. The summed E-state index contributed by atoms with van der Waals surface area (Å²) in [5, 5.41) is 6.99. The molecule has 4 nitrogen and oxygen atoms in total. The van der Waals surface area contributed by atoms with Crippen molar-refractivity contribution in [2.45, 2.75) is 13.5 Å². The van der Waals surface area contributed by atoms with Crippen molar-refractivity contribution in [2.75, 3.05) is 6.54 Å². The second-order valence-electron chi connectivity index (χ2n) is 4.58. The normalized spacial score (nSPS) is 10.3. The maximum Gasteiger partial charge on any atom is 0.256 e. The molecule has 0 aliphatic carbocycles. The number of benzene rings is 1. The lowest BCUT2D eigenvalue weighted by Gasteiger charge is -2.08. The van der Waals surface area contributed by atoms with Crippen LogP contribution in [0.15, 0.2) is 29.6 Å². The van der Waals surface area contributed by atoms with Crippen LogP contribution in [0.2, 0.25) is 5.02 Å². The first-order valence-corrected chi connectivity index (χ1v) is 7.76. The topological polar surface area (TPSA) is 58.2 Å². The Balaban J connectivity index is 1.86. The highest BCUT2D eigenvalue weighted by Gasteiger charge is 2.16. The Bertz CT molecular complexity index is 682. The first kappa shape index (κ1) is 16.5. The van der Waals surface area contributed by atoms with E-state index >= 15 is 0 Å². The highest BCUT2D eigenvalue weighted by molar-refractivity contribution is 7.10. The van der Waals surface area contributed by atoms with Crippen LogP contribution in [0.25, 0.3) is 0 Å². The minimum atomic E-state index is -0.723. The second kappa shape index (κ2) is 7.38. The zero-order chi connectivity index (χ0) is 16.1. The summed E-state index contributed by atoms with van der Waals surface area (Å²) in [6.45, 7) is 2.12. The fourth-order valence-corrected chi connectivity index (χ4v) is 2.88. The van der Waals surface area contributed by atoms with Crippen LogP contribution in [-0.4, -0.2) is 18.4 Å². The van der Waals surface area contributed by atoms with Gasteiger partial charge in [0.15, 0.2) is 0 Å². The third-order valence-corrected chi connectivity index (χ3v) is 4.35. The predicted octanol–water partition coefficient (Wildman–Crippen LogP) is 2.90. The number of halogens is 2. The zero-order valence-electron chi connectivity index (χ0n) is 11.8. The van der Waals surface area contributed by atoms with Crippen LogP contribution in [0, 0.1) is 12.7 Å². The lowest BCUT2D eigenvalue weighted by Crippen LogP contribution is -2.37. The van der Waals surface area contributed by atoms with E-state index in [1.807, 2.05) is 18.4 Å². The summed E-state index contributed by atoms with van der Waals surface area (Å²) in [6, 6.07) is 5.93. The van der Waals surface area contributed by atoms with Crippen LogP contribution in [0.5, 0.6) is 0 Å². The van der Waals surface area contributed by atoms with Gasteiger partial charge in [0.25, 0.3) is 5.91 Å². The second-order valence-corrected chi connectivity index (χ2v) is 5.99.